The first-order valence-corrected chi connectivity index (χ1v) is 5.31. The van der Waals surface area contributed by atoms with Crippen molar-refractivity contribution in [3.8, 4) is 5.75 Å². The lowest BCUT2D eigenvalue weighted by Crippen LogP contribution is -2.19. The number of benzene rings is 1. The van der Waals surface area contributed by atoms with E-state index in [2.05, 4.69) is 0 Å². The Balaban J connectivity index is 2.96. The summed E-state index contributed by atoms with van der Waals surface area (Å²) in [6.07, 6.45) is -2.09. The molecule has 2 unspecified atom stereocenters. The normalized spacial score (nSPS) is 14.8. The van der Waals surface area contributed by atoms with E-state index < -0.39 is 12.2 Å². The molecule has 4 N–H and O–H groups in total. The van der Waals surface area contributed by atoms with Gasteiger partial charge in [0.1, 0.15) is 11.9 Å². The molecule has 0 aliphatic heterocycles. The molecule has 0 spiro atoms. The molecule has 0 radical (unpaired) electrons. The Labute approximate surface area is 98.7 Å². The molecule has 0 amide bonds. The van der Waals surface area contributed by atoms with Gasteiger partial charge in [0.2, 0.25) is 0 Å². The molecule has 0 aromatic heterocycles. The lowest BCUT2D eigenvalue weighted by Gasteiger charge is -2.18. The molecule has 0 fully saturated rings. The number of aliphatic hydroxyl groups excluding tert-OH is 3. The van der Waals surface area contributed by atoms with Crippen LogP contribution < -0.4 is 0 Å². The summed E-state index contributed by atoms with van der Waals surface area (Å²) < 4.78 is 0. The smallest absolute Gasteiger partial charge is 0.137 e. The molecule has 4 nitrogen and oxygen atoms in total. The van der Waals surface area contributed by atoms with Crippen molar-refractivity contribution in [2.45, 2.75) is 25.6 Å². The Morgan fingerprint density at radius 3 is 2.44 bits per heavy atom. The fourth-order valence-corrected chi connectivity index (χ4v) is 1.72. The lowest BCUT2D eigenvalue weighted by atomic mass is 10.0. The quantitative estimate of drug-likeness (QED) is 0.642. The monoisotopic (exact) mass is 246 g/mol. The fraction of sp³-hybridized carbons (Fsp3) is 0.455. The second-order valence-electron chi connectivity index (χ2n) is 3.69. The summed E-state index contributed by atoms with van der Waals surface area (Å²) in [6.45, 7) is 1.44. The van der Waals surface area contributed by atoms with Crippen LogP contribution in [-0.4, -0.2) is 33.1 Å². The molecule has 0 heterocycles. The molecule has 0 saturated heterocycles. The van der Waals surface area contributed by atoms with Crippen LogP contribution in [-0.2, 0) is 0 Å². The van der Waals surface area contributed by atoms with Crippen molar-refractivity contribution in [3.05, 3.63) is 28.3 Å². The highest BCUT2D eigenvalue weighted by atomic mass is 35.5. The molecule has 5 heteroatoms. The second-order valence-corrected chi connectivity index (χ2v) is 4.10. The minimum Gasteiger partial charge on any atom is -0.506 e. The van der Waals surface area contributed by atoms with Gasteiger partial charge >= 0.3 is 0 Å². The minimum absolute atomic E-state index is 0.0331. The van der Waals surface area contributed by atoms with E-state index in [4.69, 9.17) is 16.7 Å². The van der Waals surface area contributed by atoms with Gasteiger partial charge in [-0.15, -0.1) is 0 Å². The number of aliphatic hydroxyl groups is 3. The van der Waals surface area contributed by atoms with Crippen LogP contribution in [0, 0.1) is 6.92 Å². The average molecular weight is 247 g/mol. The van der Waals surface area contributed by atoms with Gasteiger partial charge in [-0.1, -0.05) is 11.6 Å². The number of phenolic OH excluding ortho intramolecular Hbond substituents is 1. The minimum atomic E-state index is -1.12. The molecular formula is C11H15ClO4. The highest BCUT2D eigenvalue weighted by Crippen LogP contribution is 2.31. The van der Waals surface area contributed by atoms with Gasteiger partial charge in [-0.25, -0.2) is 0 Å². The van der Waals surface area contributed by atoms with Gasteiger partial charge in [-0.05, 0) is 36.6 Å². The van der Waals surface area contributed by atoms with Crippen LogP contribution in [0.4, 0.5) is 0 Å². The van der Waals surface area contributed by atoms with Crippen molar-refractivity contribution < 1.29 is 20.4 Å². The van der Waals surface area contributed by atoms with E-state index >= 15 is 0 Å². The zero-order valence-corrected chi connectivity index (χ0v) is 9.65. The van der Waals surface area contributed by atoms with Crippen molar-refractivity contribution >= 4 is 11.6 Å². The summed E-state index contributed by atoms with van der Waals surface area (Å²) in [5, 5.41) is 37.5. The molecular weight excluding hydrogens is 232 g/mol. The molecule has 16 heavy (non-hydrogen) atoms. The molecule has 0 saturated carbocycles. The van der Waals surface area contributed by atoms with Gasteiger partial charge in [0, 0.05) is 6.61 Å². The van der Waals surface area contributed by atoms with Gasteiger partial charge in [-0.3, -0.25) is 0 Å². The predicted molar refractivity (Wildman–Crippen MR) is 60.5 cm³/mol. The number of hydrogen-bond donors (Lipinski definition) is 4. The maximum Gasteiger partial charge on any atom is 0.137 e. The molecule has 0 aliphatic rings. The molecule has 2 atom stereocenters. The average Bonchev–Trinajstić information content (AvgIpc) is 2.24. The molecule has 1 rings (SSSR count). The van der Waals surface area contributed by atoms with E-state index in [1.807, 2.05) is 0 Å². The van der Waals surface area contributed by atoms with E-state index in [1.165, 1.54) is 6.07 Å². The van der Waals surface area contributed by atoms with Crippen LogP contribution in [0.15, 0.2) is 12.1 Å². The van der Waals surface area contributed by atoms with Crippen molar-refractivity contribution in [3.63, 3.8) is 0 Å². The van der Waals surface area contributed by atoms with Gasteiger partial charge < -0.3 is 20.4 Å². The van der Waals surface area contributed by atoms with Gasteiger partial charge in [0.05, 0.1) is 11.1 Å². The number of halogens is 1. The zero-order chi connectivity index (χ0) is 12.3. The van der Waals surface area contributed by atoms with E-state index in [0.717, 1.165) is 0 Å². The second kappa shape index (κ2) is 5.50. The summed E-state index contributed by atoms with van der Waals surface area (Å²) >= 11 is 5.75. The van der Waals surface area contributed by atoms with Crippen LogP contribution in [0.1, 0.15) is 23.7 Å². The third-order valence-corrected chi connectivity index (χ3v) is 2.70. The Bertz CT molecular complexity index is 344. The number of rotatable bonds is 4. The van der Waals surface area contributed by atoms with Gasteiger partial charge in [0.15, 0.2) is 0 Å². The number of hydrogen-bond acceptors (Lipinski definition) is 4. The maximum absolute atomic E-state index is 9.76. The van der Waals surface area contributed by atoms with Crippen molar-refractivity contribution in [1.29, 1.82) is 0 Å². The molecule has 90 valence electrons. The zero-order valence-electron chi connectivity index (χ0n) is 8.89. The van der Waals surface area contributed by atoms with Crippen molar-refractivity contribution in [1.82, 2.24) is 0 Å². The number of aryl methyl sites for hydroxylation is 1. The SMILES string of the molecule is Cc1cc(C(O)C(O)CCO)cc(Cl)c1O. The summed E-state index contributed by atoms with van der Waals surface area (Å²) in [4.78, 5) is 0. The summed E-state index contributed by atoms with van der Waals surface area (Å²) in [5.74, 6) is -0.0331. The Hall–Kier alpha value is -0.810. The highest BCUT2D eigenvalue weighted by Gasteiger charge is 2.19. The third-order valence-electron chi connectivity index (χ3n) is 2.41. The predicted octanol–water partition coefficient (Wildman–Crippen LogP) is 1.13. The van der Waals surface area contributed by atoms with E-state index in [-0.39, 0.29) is 23.8 Å². The van der Waals surface area contributed by atoms with Crippen molar-refractivity contribution in [2.24, 2.45) is 0 Å². The molecule has 0 bridgehead atoms. The van der Waals surface area contributed by atoms with Crippen LogP contribution >= 0.6 is 11.6 Å². The van der Waals surface area contributed by atoms with Crippen LogP contribution in [0.25, 0.3) is 0 Å². The fourth-order valence-electron chi connectivity index (χ4n) is 1.45. The topological polar surface area (TPSA) is 80.9 Å². The molecule has 1 aromatic carbocycles. The van der Waals surface area contributed by atoms with Crippen molar-refractivity contribution in [2.75, 3.05) is 6.61 Å². The van der Waals surface area contributed by atoms with Crippen LogP contribution in [0.3, 0.4) is 0 Å². The first-order valence-electron chi connectivity index (χ1n) is 4.93. The Morgan fingerprint density at radius 2 is 1.94 bits per heavy atom. The van der Waals surface area contributed by atoms with E-state index in [1.54, 1.807) is 13.0 Å². The largest absolute Gasteiger partial charge is 0.506 e. The summed E-state index contributed by atoms with van der Waals surface area (Å²) in [5.41, 5.74) is 0.944. The molecule has 1 aromatic rings. The molecule has 0 aliphatic carbocycles. The van der Waals surface area contributed by atoms with Gasteiger partial charge in [-0.2, -0.15) is 0 Å². The standard InChI is InChI=1S/C11H15ClO4/c1-6-4-7(5-8(12)10(6)15)11(16)9(14)2-3-13/h4-5,9,11,13-16H,2-3H2,1H3. The maximum atomic E-state index is 9.76. The van der Waals surface area contributed by atoms with Gasteiger partial charge in [0.25, 0.3) is 0 Å². The third kappa shape index (κ3) is 2.86. The first kappa shape index (κ1) is 13.3. The Morgan fingerprint density at radius 1 is 1.31 bits per heavy atom. The highest BCUT2D eigenvalue weighted by molar-refractivity contribution is 6.32. The lowest BCUT2D eigenvalue weighted by molar-refractivity contribution is 0.00417. The summed E-state index contributed by atoms with van der Waals surface area (Å²) in [7, 11) is 0. The van der Waals surface area contributed by atoms with Crippen LogP contribution in [0.2, 0.25) is 5.02 Å². The number of aromatic hydroxyl groups is 1. The number of phenols is 1. The van der Waals surface area contributed by atoms with E-state index in [0.29, 0.717) is 11.1 Å². The van der Waals surface area contributed by atoms with E-state index in [9.17, 15) is 15.3 Å². The first-order chi connectivity index (χ1) is 7.47. The van der Waals surface area contributed by atoms with Crippen LogP contribution in [0.5, 0.6) is 5.75 Å². The Kier molecular flexibility index (Phi) is 4.56. The summed E-state index contributed by atoms with van der Waals surface area (Å²) in [6, 6.07) is 2.95.